The van der Waals surface area contributed by atoms with Gasteiger partial charge in [-0.05, 0) is 18.9 Å². The quantitative estimate of drug-likeness (QED) is 0.674. The van der Waals surface area contributed by atoms with E-state index in [0.29, 0.717) is 24.8 Å². The van der Waals surface area contributed by atoms with Crippen molar-refractivity contribution in [2.75, 3.05) is 13.2 Å². The number of primary amides is 1. The van der Waals surface area contributed by atoms with Gasteiger partial charge in [-0.3, -0.25) is 19.8 Å². The van der Waals surface area contributed by atoms with Crippen molar-refractivity contribution in [2.24, 2.45) is 5.73 Å². The van der Waals surface area contributed by atoms with Crippen LogP contribution < -0.4 is 5.73 Å². The first-order chi connectivity index (χ1) is 11.1. The summed E-state index contributed by atoms with van der Waals surface area (Å²) in [5.74, 6) is -0.654. The highest BCUT2D eigenvalue weighted by molar-refractivity contribution is 5.93. The van der Waals surface area contributed by atoms with Gasteiger partial charge in [0.2, 0.25) is 5.91 Å². The van der Waals surface area contributed by atoms with Crippen LogP contribution in [0.1, 0.15) is 41.6 Å². The summed E-state index contributed by atoms with van der Waals surface area (Å²) in [5.41, 5.74) is 5.96. The number of hydrogen-bond donors (Lipinski definition) is 1. The molecule has 2 aliphatic rings. The number of carbonyl (C=O) groups is 1. The molecule has 0 unspecified atom stereocenters. The van der Waals surface area contributed by atoms with E-state index >= 15 is 0 Å². The zero-order valence-electron chi connectivity index (χ0n) is 12.9. The molecule has 0 bridgehead atoms. The van der Waals surface area contributed by atoms with E-state index in [-0.39, 0.29) is 17.4 Å². The minimum absolute atomic E-state index is 0.0415. The van der Waals surface area contributed by atoms with Crippen LogP contribution in [0.5, 0.6) is 0 Å². The van der Waals surface area contributed by atoms with E-state index in [0.717, 1.165) is 19.4 Å². The minimum Gasteiger partial charge on any atom is -0.375 e. The number of benzene rings is 1. The lowest BCUT2D eigenvalue weighted by Gasteiger charge is -2.43. The first-order valence-electron chi connectivity index (χ1n) is 7.99. The molecule has 0 aromatic heterocycles. The molecule has 0 spiro atoms. The van der Waals surface area contributed by atoms with Gasteiger partial charge < -0.3 is 10.5 Å². The van der Waals surface area contributed by atoms with Crippen LogP contribution in [0, 0.1) is 10.1 Å². The van der Waals surface area contributed by atoms with Crippen LogP contribution in [0.15, 0.2) is 18.2 Å². The molecule has 1 heterocycles. The van der Waals surface area contributed by atoms with Crippen molar-refractivity contribution in [3.63, 3.8) is 0 Å². The Morgan fingerprint density at radius 1 is 1.39 bits per heavy atom. The third kappa shape index (κ3) is 3.35. The van der Waals surface area contributed by atoms with Crippen molar-refractivity contribution >= 4 is 11.6 Å². The summed E-state index contributed by atoms with van der Waals surface area (Å²) < 4.78 is 5.84. The fourth-order valence-corrected chi connectivity index (χ4v) is 3.61. The molecule has 0 radical (unpaired) electrons. The third-order valence-corrected chi connectivity index (χ3v) is 4.79. The monoisotopic (exact) mass is 319 g/mol. The van der Waals surface area contributed by atoms with Crippen molar-refractivity contribution < 1.29 is 14.5 Å². The lowest BCUT2D eigenvalue weighted by molar-refractivity contribution is -0.385. The van der Waals surface area contributed by atoms with Gasteiger partial charge in [-0.1, -0.05) is 18.9 Å². The standard InChI is InChI=1S/C16H21N3O4/c17-16(20)11-5-6-12(14(9-11)19(21)22)10-18-7-8-23-15-4-2-1-3-13(15)18/h5-6,9,13,15H,1-4,7-8,10H2,(H2,17,20)/t13-,15-/m1/s1. The third-order valence-electron chi connectivity index (χ3n) is 4.79. The predicted molar refractivity (Wildman–Crippen MR) is 84.0 cm³/mol. The molecule has 1 aliphatic carbocycles. The van der Waals surface area contributed by atoms with Crippen molar-refractivity contribution in [3.8, 4) is 0 Å². The maximum atomic E-state index is 11.3. The smallest absolute Gasteiger partial charge is 0.274 e. The average Bonchev–Trinajstić information content (AvgIpc) is 2.55. The summed E-state index contributed by atoms with van der Waals surface area (Å²) in [6, 6.07) is 4.80. The van der Waals surface area contributed by atoms with Crippen LogP contribution >= 0.6 is 0 Å². The summed E-state index contributed by atoms with van der Waals surface area (Å²) in [6.45, 7) is 1.93. The summed E-state index contributed by atoms with van der Waals surface area (Å²) in [5, 5.41) is 11.3. The SMILES string of the molecule is NC(=O)c1ccc(CN2CCO[C@@H]3CCCC[C@H]32)c([N+](=O)[O-])c1. The molecule has 23 heavy (non-hydrogen) atoms. The number of carbonyl (C=O) groups excluding carboxylic acids is 1. The second-order valence-corrected chi connectivity index (χ2v) is 6.20. The predicted octanol–water partition coefficient (Wildman–Crippen LogP) is 1.84. The average molecular weight is 319 g/mol. The van der Waals surface area contributed by atoms with Gasteiger partial charge in [0, 0.05) is 36.3 Å². The van der Waals surface area contributed by atoms with Gasteiger partial charge in [-0.15, -0.1) is 0 Å². The summed E-state index contributed by atoms with van der Waals surface area (Å²) >= 11 is 0. The van der Waals surface area contributed by atoms with E-state index in [1.807, 2.05) is 0 Å². The summed E-state index contributed by atoms with van der Waals surface area (Å²) in [6.07, 6.45) is 4.72. The Morgan fingerprint density at radius 2 is 2.17 bits per heavy atom. The van der Waals surface area contributed by atoms with E-state index in [9.17, 15) is 14.9 Å². The molecule has 2 atom stereocenters. The number of nitro benzene ring substituents is 1. The van der Waals surface area contributed by atoms with Crippen LogP contribution in [0.2, 0.25) is 0 Å². The topological polar surface area (TPSA) is 98.7 Å². The Kier molecular flexibility index (Phi) is 4.58. The van der Waals surface area contributed by atoms with E-state index in [1.165, 1.54) is 18.9 Å². The molecule has 1 amide bonds. The Balaban J connectivity index is 1.83. The van der Waals surface area contributed by atoms with Crippen molar-refractivity contribution in [2.45, 2.75) is 44.4 Å². The van der Waals surface area contributed by atoms with Crippen molar-refractivity contribution in [3.05, 3.63) is 39.4 Å². The number of nitro groups is 1. The fraction of sp³-hybridized carbons (Fsp3) is 0.562. The van der Waals surface area contributed by atoms with E-state index in [1.54, 1.807) is 12.1 Å². The highest BCUT2D eigenvalue weighted by Crippen LogP contribution is 2.31. The number of amides is 1. The minimum atomic E-state index is -0.654. The molecule has 3 rings (SSSR count). The number of nitrogens with zero attached hydrogens (tertiary/aromatic N) is 2. The van der Waals surface area contributed by atoms with E-state index < -0.39 is 10.8 Å². The number of nitrogens with two attached hydrogens (primary N) is 1. The molecule has 1 aromatic carbocycles. The summed E-state index contributed by atoms with van der Waals surface area (Å²) in [7, 11) is 0. The highest BCUT2D eigenvalue weighted by atomic mass is 16.6. The first kappa shape index (κ1) is 15.9. The van der Waals surface area contributed by atoms with E-state index in [2.05, 4.69) is 4.90 Å². The molecule has 2 fully saturated rings. The van der Waals surface area contributed by atoms with Crippen molar-refractivity contribution in [1.29, 1.82) is 0 Å². The maximum Gasteiger partial charge on any atom is 0.274 e. The molecule has 7 nitrogen and oxygen atoms in total. The molecule has 1 saturated heterocycles. The van der Waals surface area contributed by atoms with Gasteiger partial charge in [0.05, 0.1) is 17.6 Å². The first-order valence-corrected chi connectivity index (χ1v) is 7.99. The normalized spacial score (nSPS) is 24.9. The Morgan fingerprint density at radius 3 is 2.91 bits per heavy atom. The Bertz CT molecular complexity index is 617. The molecule has 2 N–H and O–H groups in total. The van der Waals surface area contributed by atoms with Crippen LogP contribution in [-0.4, -0.2) is 41.0 Å². The van der Waals surface area contributed by atoms with Crippen LogP contribution in [0.3, 0.4) is 0 Å². The number of ether oxygens (including phenoxy) is 1. The van der Waals surface area contributed by atoms with Crippen molar-refractivity contribution in [1.82, 2.24) is 4.90 Å². The van der Waals surface area contributed by atoms with Gasteiger partial charge in [-0.2, -0.15) is 0 Å². The molecular formula is C16H21N3O4. The van der Waals surface area contributed by atoms with Gasteiger partial charge in [0.25, 0.3) is 5.69 Å². The number of fused-ring (bicyclic) bond motifs is 1. The molecule has 1 aromatic rings. The Hall–Kier alpha value is -1.99. The lowest BCUT2D eigenvalue weighted by Crippen LogP contribution is -2.52. The van der Waals surface area contributed by atoms with Crippen LogP contribution in [0.4, 0.5) is 5.69 Å². The van der Waals surface area contributed by atoms with Crippen LogP contribution in [-0.2, 0) is 11.3 Å². The molecular weight excluding hydrogens is 298 g/mol. The zero-order chi connectivity index (χ0) is 16.4. The fourth-order valence-electron chi connectivity index (χ4n) is 3.61. The number of rotatable bonds is 4. The van der Waals surface area contributed by atoms with Gasteiger partial charge >= 0.3 is 0 Å². The molecule has 7 heteroatoms. The zero-order valence-corrected chi connectivity index (χ0v) is 12.9. The second-order valence-electron chi connectivity index (χ2n) is 6.20. The van der Waals surface area contributed by atoms with Gasteiger partial charge in [0.15, 0.2) is 0 Å². The lowest BCUT2D eigenvalue weighted by atomic mass is 9.90. The second kappa shape index (κ2) is 6.64. The Labute approximate surface area is 134 Å². The van der Waals surface area contributed by atoms with E-state index in [4.69, 9.17) is 10.5 Å². The molecule has 1 saturated carbocycles. The van der Waals surface area contributed by atoms with Gasteiger partial charge in [-0.25, -0.2) is 0 Å². The molecule has 1 aliphatic heterocycles. The largest absolute Gasteiger partial charge is 0.375 e. The summed E-state index contributed by atoms with van der Waals surface area (Å²) in [4.78, 5) is 24.4. The highest BCUT2D eigenvalue weighted by Gasteiger charge is 2.34. The molecule has 124 valence electrons. The van der Waals surface area contributed by atoms with Gasteiger partial charge in [0.1, 0.15) is 0 Å². The number of hydrogen-bond acceptors (Lipinski definition) is 5. The maximum absolute atomic E-state index is 11.3. The number of morpholine rings is 1. The van der Waals surface area contributed by atoms with Crippen LogP contribution in [0.25, 0.3) is 0 Å².